The van der Waals surface area contributed by atoms with Gasteiger partial charge in [-0.3, -0.25) is 4.79 Å². The molecule has 1 aliphatic rings. The molecule has 1 aliphatic heterocycles. The maximum absolute atomic E-state index is 13.3. The molecule has 156 valence electrons. The molecule has 0 aliphatic carbocycles. The Hall–Kier alpha value is -2.87. The van der Waals surface area contributed by atoms with Crippen LogP contribution in [0.1, 0.15) is 25.1 Å². The average molecular weight is 435 g/mol. The van der Waals surface area contributed by atoms with Gasteiger partial charge in [-0.15, -0.1) is 0 Å². The molecule has 0 spiro atoms. The van der Waals surface area contributed by atoms with Crippen LogP contribution < -0.4 is 10.2 Å². The summed E-state index contributed by atoms with van der Waals surface area (Å²) >= 11 is 5.75. The van der Waals surface area contributed by atoms with Crippen molar-refractivity contribution in [3.8, 4) is 0 Å². The van der Waals surface area contributed by atoms with Crippen LogP contribution in [-0.2, 0) is 4.79 Å². The first-order valence-electron chi connectivity index (χ1n) is 9.48. The van der Waals surface area contributed by atoms with Gasteiger partial charge in [-0.2, -0.15) is 0 Å². The Morgan fingerprint density at radius 3 is 2.57 bits per heavy atom. The lowest BCUT2D eigenvalue weighted by Gasteiger charge is -2.33. The van der Waals surface area contributed by atoms with Crippen LogP contribution >= 0.6 is 11.6 Å². The van der Waals surface area contributed by atoms with Gasteiger partial charge in [0, 0.05) is 30.1 Å². The number of hydrogen-bond acceptors (Lipinski definition) is 4. The number of piperidine rings is 1. The lowest BCUT2D eigenvalue weighted by atomic mass is 9.95. The van der Waals surface area contributed by atoms with E-state index in [0.29, 0.717) is 48.3 Å². The second-order valence-corrected chi connectivity index (χ2v) is 7.51. The first-order valence-corrected chi connectivity index (χ1v) is 9.86. The molecule has 2 heterocycles. The average Bonchev–Trinajstić information content (AvgIpc) is 2.75. The number of alkyl halides is 2. The smallest absolute Gasteiger partial charge is 0.297 e. The van der Waals surface area contributed by atoms with Crippen molar-refractivity contribution < 1.29 is 18.0 Å². The molecule has 0 unspecified atom stereocenters. The number of nitrogens with zero attached hydrogens (tertiary/aromatic N) is 3. The van der Waals surface area contributed by atoms with Crippen molar-refractivity contribution in [1.82, 2.24) is 9.97 Å². The van der Waals surface area contributed by atoms with Crippen LogP contribution in [0.15, 0.2) is 42.5 Å². The van der Waals surface area contributed by atoms with E-state index < -0.39 is 18.1 Å². The number of carbonyl (C=O) groups excluding carboxylic acids is 1. The number of para-hydroxylation sites is 1. The Labute approximate surface area is 175 Å². The van der Waals surface area contributed by atoms with Crippen molar-refractivity contribution in [2.75, 3.05) is 23.3 Å². The molecule has 1 aromatic heterocycles. The molecule has 0 radical (unpaired) electrons. The fraction of sp³-hybridized carbons (Fsp3) is 0.286. The third kappa shape index (κ3) is 4.18. The van der Waals surface area contributed by atoms with Gasteiger partial charge in [-0.25, -0.2) is 23.1 Å². The van der Waals surface area contributed by atoms with Crippen molar-refractivity contribution in [2.45, 2.75) is 19.3 Å². The van der Waals surface area contributed by atoms with Crippen molar-refractivity contribution in [3.63, 3.8) is 0 Å². The van der Waals surface area contributed by atoms with Gasteiger partial charge in [0.05, 0.1) is 10.5 Å². The number of carbonyl (C=O) groups is 1. The van der Waals surface area contributed by atoms with Crippen molar-refractivity contribution in [2.24, 2.45) is 5.92 Å². The molecule has 9 heteroatoms. The summed E-state index contributed by atoms with van der Waals surface area (Å²) in [5.41, 5.74) is 0.892. The van der Waals surface area contributed by atoms with E-state index in [0.717, 1.165) is 0 Å². The highest BCUT2D eigenvalue weighted by Gasteiger charge is 2.27. The highest BCUT2D eigenvalue weighted by Crippen LogP contribution is 2.30. The number of hydrogen-bond donors (Lipinski definition) is 1. The number of anilines is 2. The Morgan fingerprint density at radius 1 is 1.13 bits per heavy atom. The molecule has 0 bridgehead atoms. The van der Waals surface area contributed by atoms with Gasteiger partial charge >= 0.3 is 0 Å². The predicted octanol–water partition coefficient (Wildman–Crippen LogP) is 5.22. The van der Waals surface area contributed by atoms with Crippen LogP contribution in [0.2, 0.25) is 5.02 Å². The second kappa shape index (κ2) is 8.47. The zero-order valence-electron chi connectivity index (χ0n) is 15.8. The van der Waals surface area contributed by atoms with E-state index in [1.807, 2.05) is 11.0 Å². The Bertz CT molecular complexity index is 1090. The molecule has 4 rings (SSSR count). The summed E-state index contributed by atoms with van der Waals surface area (Å²) < 4.78 is 39.8. The first-order chi connectivity index (χ1) is 14.4. The molecule has 0 saturated carbocycles. The van der Waals surface area contributed by atoms with E-state index in [2.05, 4.69) is 15.3 Å². The quantitative estimate of drug-likeness (QED) is 0.612. The van der Waals surface area contributed by atoms with Crippen LogP contribution in [-0.4, -0.2) is 29.0 Å². The molecule has 1 amide bonds. The summed E-state index contributed by atoms with van der Waals surface area (Å²) in [5.74, 6) is -1.04. The molecule has 1 N–H and O–H groups in total. The summed E-state index contributed by atoms with van der Waals surface area (Å²) in [7, 11) is 0. The minimum absolute atomic E-state index is 0.0620. The normalized spacial score (nSPS) is 15.0. The molecule has 5 nitrogen and oxygen atoms in total. The number of nitrogens with one attached hydrogen (secondary N) is 1. The van der Waals surface area contributed by atoms with Gasteiger partial charge in [0.15, 0.2) is 5.82 Å². The number of aromatic nitrogens is 2. The second-order valence-electron chi connectivity index (χ2n) is 7.10. The molecule has 0 atom stereocenters. The number of rotatable bonds is 4. The van der Waals surface area contributed by atoms with Gasteiger partial charge in [-0.1, -0.05) is 23.7 Å². The maximum atomic E-state index is 13.3. The van der Waals surface area contributed by atoms with Crippen LogP contribution in [0.4, 0.5) is 24.7 Å². The molecule has 1 fully saturated rings. The number of benzene rings is 2. The summed E-state index contributed by atoms with van der Waals surface area (Å²) in [4.78, 5) is 22.5. The van der Waals surface area contributed by atoms with E-state index in [1.165, 1.54) is 18.2 Å². The third-order valence-corrected chi connectivity index (χ3v) is 5.44. The topological polar surface area (TPSA) is 58.1 Å². The van der Waals surface area contributed by atoms with Crippen LogP contribution in [0.3, 0.4) is 0 Å². The molecule has 2 aromatic carbocycles. The lowest BCUT2D eigenvalue weighted by molar-refractivity contribution is -0.120. The summed E-state index contributed by atoms with van der Waals surface area (Å²) in [5, 5.41) is 3.39. The van der Waals surface area contributed by atoms with E-state index in [1.54, 1.807) is 18.2 Å². The minimum Gasteiger partial charge on any atom is -0.356 e. The van der Waals surface area contributed by atoms with Crippen molar-refractivity contribution in [1.29, 1.82) is 0 Å². The minimum atomic E-state index is -2.76. The monoisotopic (exact) mass is 434 g/mol. The lowest BCUT2D eigenvalue weighted by Crippen LogP contribution is -2.38. The molecule has 3 aromatic rings. The number of amides is 1. The van der Waals surface area contributed by atoms with Gasteiger partial charge in [0.1, 0.15) is 11.6 Å². The zero-order chi connectivity index (χ0) is 21.3. The van der Waals surface area contributed by atoms with Gasteiger partial charge < -0.3 is 10.2 Å². The van der Waals surface area contributed by atoms with E-state index >= 15 is 0 Å². The van der Waals surface area contributed by atoms with E-state index in [4.69, 9.17) is 11.6 Å². The fourth-order valence-electron chi connectivity index (χ4n) is 3.59. The van der Waals surface area contributed by atoms with Crippen molar-refractivity contribution in [3.05, 3.63) is 59.1 Å². The molecular formula is C21H18ClF3N4O. The van der Waals surface area contributed by atoms with Gasteiger partial charge in [0.2, 0.25) is 5.91 Å². The Morgan fingerprint density at radius 2 is 1.87 bits per heavy atom. The van der Waals surface area contributed by atoms with E-state index in [9.17, 15) is 18.0 Å². The largest absolute Gasteiger partial charge is 0.356 e. The Kier molecular flexibility index (Phi) is 5.76. The molecular weight excluding hydrogens is 417 g/mol. The highest BCUT2D eigenvalue weighted by molar-refractivity contribution is 6.31. The molecule has 30 heavy (non-hydrogen) atoms. The Balaban J connectivity index is 1.48. The standard InChI is InChI=1S/C21H18ClF3N4O/c22-15-11-13(5-6-16(15)23)26-21(30)12-7-9-29(10-8-12)20-14-3-1-2-4-17(14)27-19(28-20)18(24)25/h1-6,11-12,18H,7-10H2,(H,26,30). The first kappa shape index (κ1) is 20.4. The highest BCUT2D eigenvalue weighted by atomic mass is 35.5. The summed E-state index contributed by atoms with van der Waals surface area (Å²) in [6.45, 7) is 0.984. The third-order valence-electron chi connectivity index (χ3n) is 5.15. The zero-order valence-corrected chi connectivity index (χ0v) is 16.5. The number of halogens is 4. The van der Waals surface area contributed by atoms with Gasteiger partial charge in [0.25, 0.3) is 6.43 Å². The predicted molar refractivity (Wildman–Crippen MR) is 109 cm³/mol. The summed E-state index contributed by atoms with van der Waals surface area (Å²) in [6.07, 6.45) is -1.70. The van der Waals surface area contributed by atoms with Crippen LogP contribution in [0.5, 0.6) is 0 Å². The van der Waals surface area contributed by atoms with E-state index in [-0.39, 0.29) is 16.8 Å². The maximum Gasteiger partial charge on any atom is 0.297 e. The number of fused-ring (bicyclic) bond motifs is 1. The van der Waals surface area contributed by atoms with Crippen molar-refractivity contribution >= 4 is 39.9 Å². The summed E-state index contributed by atoms with van der Waals surface area (Å²) in [6, 6.07) is 11.0. The SMILES string of the molecule is O=C(Nc1ccc(F)c(Cl)c1)C1CCN(c2nc(C(F)F)nc3ccccc23)CC1. The molecule has 1 saturated heterocycles. The van der Waals surface area contributed by atoms with Crippen LogP contribution in [0.25, 0.3) is 10.9 Å². The van der Waals surface area contributed by atoms with Crippen LogP contribution in [0, 0.1) is 11.7 Å². The fourth-order valence-corrected chi connectivity index (χ4v) is 3.77. The van der Waals surface area contributed by atoms with Gasteiger partial charge in [-0.05, 0) is 43.2 Å².